The minimum absolute atomic E-state index is 0.0368. The molecule has 3 heterocycles. The molecule has 1 N–H and O–H groups in total. The number of aromatic amines is 1. The molecule has 0 radical (unpaired) electrons. The van der Waals surface area contributed by atoms with Gasteiger partial charge in [0.2, 0.25) is 0 Å². The average Bonchev–Trinajstić information content (AvgIpc) is 3.43. The van der Waals surface area contributed by atoms with Gasteiger partial charge < -0.3 is 9.30 Å². The van der Waals surface area contributed by atoms with Gasteiger partial charge in [0.15, 0.2) is 5.69 Å². The molecule has 0 amide bonds. The Balaban J connectivity index is 1.59. The maximum atomic E-state index is 13.1. The van der Waals surface area contributed by atoms with E-state index in [4.69, 9.17) is 4.74 Å². The van der Waals surface area contributed by atoms with Gasteiger partial charge in [0, 0.05) is 23.5 Å². The van der Waals surface area contributed by atoms with Crippen LogP contribution in [0.5, 0.6) is 5.75 Å². The van der Waals surface area contributed by atoms with Crippen molar-refractivity contribution in [1.82, 2.24) is 29.9 Å². The average molecular weight is 432 g/mol. The lowest BCUT2D eigenvalue weighted by molar-refractivity contribution is -0.140. The second-order valence-electron chi connectivity index (χ2n) is 6.52. The number of H-pyrrole nitrogens is 1. The lowest BCUT2D eigenvalue weighted by Crippen LogP contribution is -2.07. The first-order valence-electron chi connectivity index (χ1n) is 9.19. The molecular weight excluding hydrogens is 416 g/mol. The number of hydrogen-bond acceptors (Lipinski definition) is 5. The highest BCUT2D eigenvalue weighted by atomic mass is 19.4. The van der Waals surface area contributed by atoms with Crippen LogP contribution in [0.15, 0.2) is 55.1 Å². The van der Waals surface area contributed by atoms with Gasteiger partial charge in [0.1, 0.15) is 30.4 Å². The van der Waals surface area contributed by atoms with Gasteiger partial charge in [-0.2, -0.15) is 28.6 Å². The van der Waals surface area contributed by atoms with E-state index in [0.29, 0.717) is 23.7 Å². The van der Waals surface area contributed by atoms with E-state index in [1.54, 1.807) is 29.2 Å². The van der Waals surface area contributed by atoms with Gasteiger partial charge in [-0.15, -0.1) is 0 Å². The number of imidazole rings is 1. The quantitative estimate of drug-likeness (QED) is 0.444. The van der Waals surface area contributed by atoms with Crippen LogP contribution in [0.1, 0.15) is 11.3 Å². The largest absolute Gasteiger partial charge is 0.491 e. The summed E-state index contributed by atoms with van der Waals surface area (Å²) in [5, 5.41) is 8.86. The van der Waals surface area contributed by atoms with E-state index in [2.05, 4.69) is 20.2 Å². The van der Waals surface area contributed by atoms with Gasteiger partial charge in [-0.25, -0.2) is 9.37 Å². The van der Waals surface area contributed by atoms with Crippen molar-refractivity contribution in [2.75, 3.05) is 13.3 Å². The van der Waals surface area contributed by atoms with Crippen molar-refractivity contribution in [2.24, 2.45) is 0 Å². The summed E-state index contributed by atoms with van der Waals surface area (Å²) in [5.74, 6) is 0.571. The Morgan fingerprint density at radius 1 is 1.03 bits per heavy atom. The Bertz CT molecular complexity index is 1170. The molecule has 0 spiro atoms. The molecule has 1 aromatic carbocycles. The van der Waals surface area contributed by atoms with Crippen molar-refractivity contribution < 1.29 is 22.3 Å². The Hall–Kier alpha value is -3.76. The molecule has 11 heteroatoms. The second kappa shape index (κ2) is 8.54. The number of benzene rings is 1. The molecule has 0 saturated heterocycles. The van der Waals surface area contributed by atoms with Gasteiger partial charge in [-0.3, -0.25) is 4.98 Å². The van der Waals surface area contributed by atoms with Gasteiger partial charge >= 0.3 is 6.18 Å². The maximum Gasteiger partial charge on any atom is 0.437 e. The Morgan fingerprint density at radius 2 is 1.87 bits per heavy atom. The number of aromatic nitrogens is 6. The van der Waals surface area contributed by atoms with E-state index in [0.717, 1.165) is 5.56 Å². The Labute approximate surface area is 173 Å². The van der Waals surface area contributed by atoms with Crippen molar-refractivity contribution in [3.8, 4) is 28.4 Å². The van der Waals surface area contributed by atoms with E-state index in [1.165, 1.54) is 18.3 Å². The smallest absolute Gasteiger partial charge is 0.437 e. The number of pyridine rings is 1. The molecule has 31 heavy (non-hydrogen) atoms. The summed E-state index contributed by atoms with van der Waals surface area (Å²) in [6.45, 7) is -0.214. The zero-order chi connectivity index (χ0) is 21.8. The highest BCUT2D eigenvalue weighted by Crippen LogP contribution is 2.34. The monoisotopic (exact) mass is 432 g/mol. The summed E-state index contributed by atoms with van der Waals surface area (Å²) in [7, 11) is 0. The first-order chi connectivity index (χ1) is 15.0. The van der Waals surface area contributed by atoms with Gasteiger partial charge in [-0.1, -0.05) is 18.2 Å². The summed E-state index contributed by atoms with van der Waals surface area (Å²) in [5.41, 5.74) is 0.495. The van der Waals surface area contributed by atoms with Crippen LogP contribution in [0.4, 0.5) is 17.6 Å². The molecule has 3 aromatic heterocycles. The Morgan fingerprint density at radius 3 is 2.68 bits per heavy atom. The molecular formula is C20H16F4N6O. The van der Waals surface area contributed by atoms with Crippen LogP contribution in [0, 0.1) is 0 Å². The third-order valence-electron chi connectivity index (χ3n) is 4.41. The lowest BCUT2D eigenvalue weighted by atomic mass is 10.1. The van der Waals surface area contributed by atoms with Crippen LogP contribution in [0.2, 0.25) is 0 Å². The number of nitrogens with zero attached hydrogens (tertiary/aromatic N) is 5. The predicted octanol–water partition coefficient (Wildman–Crippen LogP) is 4.15. The van der Waals surface area contributed by atoms with Crippen LogP contribution in [0.25, 0.3) is 22.6 Å². The minimum Gasteiger partial charge on any atom is -0.491 e. The third-order valence-corrected chi connectivity index (χ3v) is 4.41. The predicted molar refractivity (Wildman–Crippen MR) is 103 cm³/mol. The number of hydrogen-bond donors (Lipinski definition) is 1. The van der Waals surface area contributed by atoms with Gasteiger partial charge in [0.05, 0.1) is 18.6 Å². The molecule has 7 nitrogen and oxygen atoms in total. The van der Waals surface area contributed by atoms with E-state index in [9.17, 15) is 17.6 Å². The third kappa shape index (κ3) is 4.55. The number of halogens is 4. The maximum absolute atomic E-state index is 13.1. The molecule has 0 bridgehead atoms. The number of alkyl halides is 4. The van der Waals surface area contributed by atoms with Crippen LogP contribution in [0.3, 0.4) is 0 Å². The summed E-state index contributed by atoms with van der Waals surface area (Å²) < 4.78 is 59.0. The van der Waals surface area contributed by atoms with E-state index in [-0.39, 0.29) is 17.9 Å². The normalized spacial score (nSPS) is 11.6. The Kier molecular flexibility index (Phi) is 5.65. The van der Waals surface area contributed by atoms with E-state index < -0.39 is 18.5 Å². The first kappa shape index (κ1) is 20.5. The van der Waals surface area contributed by atoms with Crippen molar-refractivity contribution in [1.29, 1.82) is 0 Å². The second-order valence-corrected chi connectivity index (χ2v) is 6.52. The topological polar surface area (TPSA) is 81.5 Å². The molecule has 160 valence electrons. The molecule has 0 aliphatic carbocycles. The zero-order valence-corrected chi connectivity index (χ0v) is 16.0. The molecule has 0 fully saturated rings. The van der Waals surface area contributed by atoms with Crippen molar-refractivity contribution >= 4 is 0 Å². The van der Waals surface area contributed by atoms with Gasteiger partial charge in [-0.05, 0) is 18.2 Å². The number of para-hydroxylation sites is 1. The van der Waals surface area contributed by atoms with Crippen molar-refractivity contribution in [2.45, 2.75) is 12.7 Å². The standard InChI is InChI=1S/C20H16F4N6O/c21-6-8-31-17-4-2-1-3-14(17)10-30-11-16(26-12-30)15-9-13(5-7-25-15)18-19(20(22,23)24)28-29-27-18/h1-5,7,9,11-12H,6,8,10H2,(H,27,28,29). The van der Waals surface area contributed by atoms with E-state index in [1.807, 2.05) is 17.3 Å². The highest BCUT2D eigenvalue weighted by molar-refractivity contribution is 5.67. The van der Waals surface area contributed by atoms with Crippen LogP contribution >= 0.6 is 0 Å². The summed E-state index contributed by atoms with van der Waals surface area (Å²) >= 11 is 0. The SMILES string of the molecule is FCCOc1ccccc1Cn1cnc(-c2cc(-c3n[nH]nc3C(F)(F)F)ccn2)c1. The molecule has 0 saturated carbocycles. The fraction of sp³-hybridized carbons (Fsp3) is 0.200. The summed E-state index contributed by atoms with van der Waals surface area (Å²) in [6, 6.07) is 10.1. The first-order valence-corrected chi connectivity index (χ1v) is 9.19. The van der Waals surface area contributed by atoms with E-state index >= 15 is 0 Å². The molecule has 0 atom stereocenters. The molecule has 0 aliphatic rings. The summed E-state index contributed by atoms with van der Waals surface area (Å²) in [4.78, 5) is 8.51. The zero-order valence-electron chi connectivity index (χ0n) is 16.0. The summed E-state index contributed by atoms with van der Waals surface area (Å²) in [6.07, 6.45) is 0.0436. The van der Waals surface area contributed by atoms with Crippen LogP contribution in [-0.2, 0) is 12.7 Å². The number of nitrogens with one attached hydrogen (secondary N) is 1. The highest BCUT2D eigenvalue weighted by Gasteiger charge is 2.38. The number of rotatable bonds is 7. The molecule has 4 aromatic rings. The fourth-order valence-electron chi connectivity index (χ4n) is 3.05. The minimum atomic E-state index is -4.63. The molecule has 0 aliphatic heterocycles. The number of ether oxygens (including phenoxy) is 1. The molecule has 4 rings (SSSR count). The van der Waals surface area contributed by atoms with Crippen molar-refractivity contribution in [3.63, 3.8) is 0 Å². The van der Waals surface area contributed by atoms with Crippen molar-refractivity contribution in [3.05, 3.63) is 66.4 Å². The van der Waals surface area contributed by atoms with Crippen LogP contribution in [-0.4, -0.2) is 43.2 Å². The lowest BCUT2D eigenvalue weighted by Gasteiger charge is -2.10. The van der Waals surface area contributed by atoms with Crippen LogP contribution < -0.4 is 4.74 Å². The van der Waals surface area contributed by atoms with Gasteiger partial charge in [0.25, 0.3) is 0 Å². The fourth-order valence-corrected chi connectivity index (χ4v) is 3.05. The molecule has 0 unspecified atom stereocenters.